The molecule has 9 heteroatoms. The third-order valence-electron chi connectivity index (χ3n) is 5.87. The number of benzene rings is 2. The Morgan fingerprint density at radius 3 is 2.66 bits per heavy atom. The predicted molar refractivity (Wildman–Crippen MR) is 119 cm³/mol. The van der Waals surface area contributed by atoms with Gasteiger partial charge in [0.2, 0.25) is 10.0 Å². The fourth-order valence-corrected chi connectivity index (χ4v) is 5.54. The van der Waals surface area contributed by atoms with E-state index >= 15 is 0 Å². The molecule has 1 saturated heterocycles. The molecule has 2 N–H and O–H groups in total. The van der Waals surface area contributed by atoms with E-state index in [4.69, 9.17) is 9.94 Å². The number of ether oxygens (including phenoxy) is 1. The number of nitrogens with zero attached hydrogens (tertiary/aromatic N) is 2. The van der Waals surface area contributed by atoms with Gasteiger partial charge in [0.1, 0.15) is 12.4 Å². The van der Waals surface area contributed by atoms with Crippen LogP contribution >= 0.6 is 0 Å². The van der Waals surface area contributed by atoms with E-state index in [0.717, 1.165) is 22.2 Å². The summed E-state index contributed by atoms with van der Waals surface area (Å²) in [5.74, 6) is -0.0359. The van der Waals surface area contributed by atoms with E-state index in [-0.39, 0.29) is 18.0 Å². The third-order valence-corrected chi connectivity index (χ3v) is 7.73. The van der Waals surface area contributed by atoms with Gasteiger partial charge in [-0.2, -0.15) is 4.31 Å². The number of para-hydroxylation sites is 1. The number of amides is 1. The number of nitrogens with one attached hydrogen (secondary N) is 1. The predicted octanol–water partition coefficient (Wildman–Crippen LogP) is 3.03. The van der Waals surface area contributed by atoms with Crippen LogP contribution in [0, 0.1) is 12.3 Å². The summed E-state index contributed by atoms with van der Waals surface area (Å²) in [7, 11) is -3.76. The van der Waals surface area contributed by atoms with Crippen molar-refractivity contribution in [2.24, 2.45) is 5.41 Å². The maximum absolute atomic E-state index is 13.0. The first-order valence-corrected chi connectivity index (χ1v) is 11.7. The molecule has 3 aromatic rings. The van der Waals surface area contributed by atoms with Crippen LogP contribution in [0.15, 0.2) is 59.5 Å². The second kappa shape index (κ2) is 8.50. The van der Waals surface area contributed by atoms with Crippen molar-refractivity contribution in [1.29, 1.82) is 0 Å². The normalized spacial score (nSPS) is 19.2. The summed E-state index contributed by atoms with van der Waals surface area (Å²) in [5.41, 5.74) is 3.47. The molecule has 0 aliphatic carbocycles. The molecule has 0 spiro atoms. The average Bonchev–Trinajstić information content (AvgIpc) is 3.21. The van der Waals surface area contributed by atoms with Gasteiger partial charge in [0.25, 0.3) is 5.91 Å². The molecule has 1 fully saturated rings. The van der Waals surface area contributed by atoms with Crippen LogP contribution in [-0.4, -0.2) is 41.9 Å². The molecule has 1 aliphatic rings. The molecule has 2 heterocycles. The lowest BCUT2D eigenvalue weighted by molar-refractivity contribution is -0.138. The van der Waals surface area contributed by atoms with Crippen LogP contribution in [0.4, 0.5) is 0 Å². The van der Waals surface area contributed by atoms with Gasteiger partial charge in [-0.15, -0.1) is 0 Å². The lowest BCUT2D eigenvalue weighted by atomic mass is 9.89. The summed E-state index contributed by atoms with van der Waals surface area (Å²) in [6, 6.07) is 16.1. The number of hydrogen-bond acceptors (Lipinski definition) is 6. The number of carbonyl (C=O) groups excluding carboxylic acids is 1. The summed E-state index contributed by atoms with van der Waals surface area (Å²) in [5, 5.41) is 9.93. The number of aromatic nitrogens is 1. The van der Waals surface area contributed by atoms with E-state index in [1.807, 2.05) is 37.3 Å². The number of rotatable bonds is 6. The Morgan fingerprint density at radius 1 is 1.22 bits per heavy atom. The average molecular weight is 456 g/mol. The molecular weight excluding hydrogens is 430 g/mol. The molecule has 2 aromatic carbocycles. The molecule has 0 bridgehead atoms. The largest absolute Gasteiger partial charge is 0.489 e. The quantitative estimate of drug-likeness (QED) is 0.437. The Balaban J connectivity index is 1.48. The third kappa shape index (κ3) is 4.19. The van der Waals surface area contributed by atoms with E-state index < -0.39 is 21.3 Å². The number of carbonyl (C=O) groups is 1. The Kier molecular flexibility index (Phi) is 5.89. The van der Waals surface area contributed by atoms with Gasteiger partial charge in [0, 0.05) is 29.7 Å². The summed E-state index contributed by atoms with van der Waals surface area (Å²) >= 11 is 0. The summed E-state index contributed by atoms with van der Waals surface area (Å²) in [6.45, 7) is 4.11. The highest BCUT2D eigenvalue weighted by Crippen LogP contribution is 2.34. The second-order valence-corrected chi connectivity index (χ2v) is 10.2. The Labute approximate surface area is 186 Å². The molecule has 4 rings (SSSR count). The zero-order valence-corrected chi connectivity index (χ0v) is 18.7. The van der Waals surface area contributed by atoms with Crippen LogP contribution < -0.4 is 10.2 Å². The molecule has 1 unspecified atom stereocenters. The molecule has 0 radical (unpaired) electrons. The lowest BCUT2D eigenvalue weighted by Crippen LogP contribution is -2.40. The molecule has 1 aromatic heterocycles. The van der Waals surface area contributed by atoms with Crippen LogP contribution in [0.25, 0.3) is 10.9 Å². The van der Waals surface area contributed by atoms with Crippen LogP contribution in [0.2, 0.25) is 0 Å². The van der Waals surface area contributed by atoms with Gasteiger partial charge in [-0.25, -0.2) is 13.9 Å². The molecule has 168 valence electrons. The molecule has 1 atom stereocenters. The minimum Gasteiger partial charge on any atom is -0.489 e. The van der Waals surface area contributed by atoms with Crippen molar-refractivity contribution in [3.63, 3.8) is 0 Å². The van der Waals surface area contributed by atoms with Crippen molar-refractivity contribution >= 4 is 26.8 Å². The van der Waals surface area contributed by atoms with Crippen molar-refractivity contribution in [2.75, 3.05) is 13.1 Å². The summed E-state index contributed by atoms with van der Waals surface area (Å²) in [6.07, 6.45) is 0.332. The first kappa shape index (κ1) is 22.2. The minimum atomic E-state index is -3.76. The monoisotopic (exact) mass is 455 g/mol. The van der Waals surface area contributed by atoms with Crippen LogP contribution in [-0.2, 0) is 21.4 Å². The lowest BCUT2D eigenvalue weighted by Gasteiger charge is -2.22. The van der Waals surface area contributed by atoms with Gasteiger partial charge < -0.3 is 4.74 Å². The van der Waals surface area contributed by atoms with E-state index in [2.05, 4.69) is 4.98 Å². The van der Waals surface area contributed by atoms with Crippen molar-refractivity contribution < 1.29 is 23.2 Å². The zero-order valence-electron chi connectivity index (χ0n) is 17.9. The number of fused-ring (bicyclic) bond motifs is 1. The number of aryl methyl sites for hydroxylation is 1. The highest BCUT2D eigenvalue weighted by molar-refractivity contribution is 7.89. The van der Waals surface area contributed by atoms with Crippen LogP contribution in [0.5, 0.6) is 5.75 Å². The van der Waals surface area contributed by atoms with E-state index in [1.165, 1.54) is 16.4 Å². The van der Waals surface area contributed by atoms with Crippen molar-refractivity contribution in [2.45, 2.75) is 31.8 Å². The smallest absolute Gasteiger partial charge is 0.250 e. The van der Waals surface area contributed by atoms with Gasteiger partial charge in [-0.1, -0.05) is 18.2 Å². The van der Waals surface area contributed by atoms with Gasteiger partial charge in [-0.05, 0) is 56.7 Å². The fraction of sp³-hybridized carbons (Fsp3) is 0.304. The highest BCUT2D eigenvalue weighted by Gasteiger charge is 2.44. The first-order chi connectivity index (χ1) is 15.2. The molecule has 1 amide bonds. The highest BCUT2D eigenvalue weighted by atomic mass is 32.2. The second-order valence-electron chi connectivity index (χ2n) is 8.29. The Bertz CT molecular complexity index is 1260. The topological polar surface area (TPSA) is 109 Å². The maximum Gasteiger partial charge on any atom is 0.250 e. The molecule has 8 nitrogen and oxygen atoms in total. The Hall–Kier alpha value is -3.01. The molecular formula is C23H25N3O5S. The van der Waals surface area contributed by atoms with E-state index in [1.54, 1.807) is 24.5 Å². The maximum atomic E-state index is 13.0. The van der Waals surface area contributed by atoms with Crippen LogP contribution in [0.1, 0.15) is 24.6 Å². The number of sulfonamides is 1. The van der Waals surface area contributed by atoms with Crippen molar-refractivity contribution in [3.05, 3.63) is 65.9 Å². The summed E-state index contributed by atoms with van der Waals surface area (Å²) < 4.78 is 33.2. The Morgan fingerprint density at radius 2 is 1.94 bits per heavy atom. The summed E-state index contributed by atoms with van der Waals surface area (Å²) in [4.78, 5) is 16.5. The molecule has 0 saturated carbocycles. The molecule has 32 heavy (non-hydrogen) atoms. The minimum absolute atomic E-state index is 0.00838. The van der Waals surface area contributed by atoms with Gasteiger partial charge in [0.05, 0.1) is 15.8 Å². The number of hydrogen-bond donors (Lipinski definition) is 2. The number of hydroxylamine groups is 1. The standard InChI is InChI=1S/C23H25N3O5S/c1-16-13-17(20-5-3-4-6-21(20)24-16)14-31-18-7-9-19(10-8-18)32(29,30)26-12-11-23(2,15-26)22(27)25-28/h3-10,13,28H,11-12,14-15H2,1-2H3,(H,25,27). The SMILES string of the molecule is Cc1cc(COc2ccc(S(=O)(=O)N3CCC(C)(C(=O)NO)C3)cc2)c2ccccc2n1. The van der Waals surface area contributed by atoms with Crippen LogP contribution in [0.3, 0.4) is 0 Å². The zero-order chi connectivity index (χ0) is 22.9. The van der Waals surface area contributed by atoms with Gasteiger partial charge >= 0.3 is 0 Å². The molecule has 1 aliphatic heterocycles. The fourth-order valence-electron chi connectivity index (χ4n) is 3.98. The first-order valence-electron chi connectivity index (χ1n) is 10.3. The van der Waals surface area contributed by atoms with E-state index in [0.29, 0.717) is 18.8 Å². The number of pyridine rings is 1. The van der Waals surface area contributed by atoms with Crippen molar-refractivity contribution in [3.8, 4) is 5.75 Å². The van der Waals surface area contributed by atoms with Crippen molar-refractivity contribution in [1.82, 2.24) is 14.8 Å². The van der Waals surface area contributed by atoms with Gasteiger partial charge in [0.15, 0.2) is 0 Å². The van der Waals surface area contributed by atoms with Gasteiger partial charge in [-0.3, -0.25) is 15.0 Å². The van der Waals surface area contributed by atoms with E-state index in [9.17, 15) is 13.2 Å².